The second-order valence-electron chi connectivity index (χ2n) is 5.72. The van der Waals surface area contributed by atoms with Gasteiger partial charge in [-0.3, -0.25) is 9.78 Å². The molecule has 2 aliphatic rings. The number of carbonyl (C=O) groups is 1. The predicted molar refractivity (Wildman–Crippen MR) is 74.2 cm³/mol. The second kappa shape index (κ2) is 4.95. The Kier molecular flexibility index (Phi) is 2.94. The Morgan fingerprint density at radius 3 is 2.95 bits per heavy atom. The Hall–Kier alpha value is -2.24. The van der Waals surface area contributed by atoms with Gasteiger partial charge in [0, 0.05) is 25.2 Å². The van der Waals surface area contributed by atoms with Gasteiger partial charge >= 0.3 is 0 Å². The van der Waals surface area contributed by atoms with Crippen LogP contribution in [0.4, 0.5) is 0 Å². The topological polar surface area (TPSA) is 72.1 Å². The van der Waals surface area contributed by atoms with Crippen molar-refractivity contribution in [3.05, 3.63) is 30.3 Å². The number of rotatable bonds is 3. The van der Waals surface area contributed by atoms with Crippen molar-refractivity contribution < 1.29 is 9.32 Å². The number of nitrogens with zero attached hydrogens (tertiary/aromatic N) is 4. The number of hydrogen-bond acceptors (Lipinski definition) is 5. The average molecular weight is 284 g/mol. The molecule has 1 saturated carbocycles. The Morgan fingerprint density at radius 2 is 2.19 bits per heavy atom. The molecule has 0 spiro atoms. The van der Waals surface area contributed by atoms with E-state index in [4.69, 9.17) is 4.52 Å². The van der Waals surface area contributed by atoms with E-state index in [1.54, 1.807) is 6.20 Å². The number of pyridine rings is 1. The Bertz CT molecular complexity index is 651. The molecule has 6 nitrogen and oxygen atoms in total. The average Bonchev–Trinajstić information content (AvgIpc) is 3.06. The van der Waals surface area contributed by atoms with Gasteiger partial charge in [-0.1, -0.05) is 11.2 Å². The first-order chi connectivity index (χ1) is 10.3. The molecule has 3 heterocycles. The highest BCUT2D eigenvalue weighted by molar-refractivity contribution is 5.81. The third-order valence-corrected chi connectivity index (χ3v) is 4.11. The van der Waals surface area contributed by atoms with E-state index in [0.29, 0.717) is 29.9 Å². The molecule has 1 aliphatic carbocycles. The molecule has 1 unspecified atom stereocenters. The molecule has 0 radical (unpaired) electrons. The van der Waals surface area contributed by atoms with E-state index in [2.05, 4.69) is 15.1 Å². The lowest BCUT2D eigenvalue weighted by Gasteiger charge is -2.14. The van der Waals surface area contributed by atoms with Crippen LogP contribution in [0.1, 0.15) is 31.1 Å². The molecular formula is C15H16N4O2. The fraction of sp³-hybridized carbons (Fsp3) is 0.467. The maximum Gasteiger partial charge on any atom is 0.231 e. The van der Waals surface area contributed by atoms with Crippen LogP contribution in [-0.4, -0.2) is 39.0 Å². The summed E-state index contributed by atoms with van der Waals surface area (Å²) in [4.78, 5) is 22.7. The summed E-state index contributed by atoms with van der Waals surface area (Å²) in [6.45, 7) is 1.49. The molecular weight excluding hydrogens is 268 g/mol. The summed E-state index contributed by atoms with van der Waals surface area (Å²) in [7, 11) is 0. The van der Waals surface area contributed by atoms with Gasteiger partial charge in [0.2, 0.25) is 17.6 Å². The molecule has 6 heteroatoms. The molecule has 108 valence electrons. The minimum atomic E-state index is 0.151. The van der Waals surface area contributed by atoms with Crippen molar-refractivity contribution in [2.75, 3.05) is 13.1 Å². The van der Waals surface area contributed by atoms with Crippen LogP contribution in [0.5, 0.6) is 0 Å². The van der Waals surface area contributed by atoms with Crippen molar-refractivity contribution in [3.8, 4) is 11.5 Å². The first-order valence-electron chi connectivity index (χ1n) is 7.35. The lowest BCUT2D eigenvalue weighted by molar-refractivity contribution is -0.131. The number of aromatic nitrogens is 3. The summed E-state index contributed by atoms with van der Waals surface area (Å²) < 4.78 is 5.37. The fourth-order valence-corrected chi connectivity index (χ4v) is 2.75. The van der Waals surface area contributed by atoms with Crippen LogP contribution in [0.25, 0.3) is 11.5 Å². The highest BCUT2D eigenvalue weighted by Crippen LogP contribution is 2.34. The van der Waals surface area contributed by atoms with Crippen LogP contribution in [-0.2, 0) is 4.79 Å². The molecule has 0 aromatic carbocycles. The van der Waals surface area contributed by atoms with Crippen LogP contribution >= 0.6 is 0 Å². The van der Waals surface area contributed by atoms with Crippen molar-refractivity contribution in [2.24, 2.45) is 5.92 Å². The number of carbonyl (C=O) groups excluding carboxylic acids is 1. The van der Waals surface area contributed by atoms with Crippen LogP contribution in [0.3, 0.4) is 0 Å². The van der Waals surface area contributed by atoms with Crippen LogP contribution in [0.15, 0.2) is 28.9 Å². The van der Waals surface area contributed by atoms with E-state index >= 15 is 0 Å². The van der Waals surface area contributed by atoms with Gasteiger partial charge in [0.15, 0.2) is 0 Å². The molecule has 0 N–H and O–H groups in total. The smallest absolute Gasteiger partial charge is 0.231 e. The Labute approximate surface area is 122 Å². The maximum atomic E-state index is 12.1. The Balaban J connectivity index is 1.48. The molecule has 4 rings (SSSR count). The standard InChI is InChI=1S/C15H16N4O2/c20-15(10-4-5-10)19-8-6-11(9-19)14-17-13(18-21-14)12-3-1-2-7-16-12/h1-3,7,10-11H,4-6,8-9H2. The third kappa shape index (κ3) is 2.41. The summed E-state index contributed by atoms with van der Waals surface area (Å²) in [5.74, 6) is 1.84. The van der Waals surface area contributed by atoms with Crippen LogP contribution in [0.2, 0.25) is 0 Å². The maximum absolute atomic E-state index is 12.1. The van der Waals surface area contributed by atoms with Gasteiger partial charge < -0.3 is 9.42 Å². The molecule has 1 aliphatic heterocycles. The zero-order valence-electron chi connectivity index (χ0n) is 11.6. The third-order valence-electron chi connectivity index (χ3n) is 4.11. The minimum Gasteiger partial charge on any atom is -0.342 e. The molecule has 2 aromatic rings. The van der Waals surface area contributed by atoms with Crippen molar-refractivity contribution in [3.63, 3.8) is 0 Å². The minimum absolute atomic E-state index is 0.151. The molecule has 1 atom stereocenters. The summed E-state index contributed by atoms with van der Waals surface area (Å²) in [6, 6.07) is 5.60. The second-order valence-corrected chi connectivity index (χ2v) is 5.72. The molecule has 2 aromatic heterocycles. The van der Waals surface area contributed by atoms with Gasteiger partial charge in [-0.2, -0.15) is 4.98 Å². The number of amides is 1. The zero-order valence-corrected chi connectivity index (χ0v) is 11.6. The molecule has 2 fully saturated rings. The van der Waals surface area contributed by atoms with Crippen molar-refractivity contribution >= 4 is 5.91 Å². The Morgan fingerprint density at radius 1 is 1.29 bits per heavy atom. The lowest BCUT2D eigenvalue weighted by Crippen LogP contribution is -2.29. The van der Waals surface area contributed by atoms with E-state index < -0.39 is 0 Å². The first kappa shape index (κ1) is 12.5. The van der Waals surface area contributed by atoms with Gasteiger partial charge in [0.25, 0.3) is 0 Å². The summed E-state index contributed by atoms with van der Waals surface area (Å²) in [5, 5.41) is 4.00. The monoisotopic (exact) mass is 284 g/mol. The van der Waals surface area contributed by atoms with Gasteiger partial charge in [-0.25, -0.2) is 0 Å². The molecule has 0 bridgehead atoms. The van der Waals surface area contributed by atoms with Gasteiger partial charge in [0.1, 0.15) is 5.69 Å². The first-order valence-corrected chi connectivity index (χ1v) is 7.35. The van der Waals surface area contributed by atoms with Gasteiger partial charge in [-0.15, -0.1) is 0 Å². The van der Waals surface area contributed by atoms with Crippen molar-refractivity contribution in [1.82, 2.24) is 20.0 Å². The van der Waals surface area contributed by atoms with E-state index in [9.17, 15) is 4.79 Å². The molecule has 1 saturated heterocycles. The SMILES string of the molecule is O=C(C1CC1)N1CCC(c2nc(-c3ccccn3)no2)C1. The predicted octanol–water partition coefficient (Wildman–Crippen LogP) is 1.86. The van der Waals surface area contributed by atoms with Crippen LogP contribution in [0, 0.1) is 5.92 Å². The van der Waals surface area contributed by atoms with E-state index in [-0.39, 0.29) is 11.8 Å². The fourth-order valence-electron chi connectivity index (χ4n) is 2.75. The van der Waals surface area contributed by atoms with Crippen molar-refractivity contribution in [2.45, 2.75) is 25.2 Å². The van der Waals surface area contributed by atoms with Gasteiger partial charge in [0.05, 0.1) is 5.92 Å². The summed E-state index contributed by atoms with van der Waals surface area (Å²) >= 11 is 0. The molecule has 1 amide bonds. The highest BCUT2D eigenvalue weighted by atomic mass is 16.5. The summed E-state index contributed by atoms with van der Waals surface area (Å²) in [6.07, 6.45) is 4.69. The van der Waals surface area contributed by atoms with E-state index in [1.165, 1.54) is 0 Å². The normalized spacial score (nSPS) is 21.7. The molecule has 21 heavy (non-hydrogen) atoms. The van der Waals surface area contributed by atoms with E-state index in [1.807, 2.05) is 23.1 Å². The largest absolute Gasteiger partial charge is 0.342 e. The summed E-state index contributed by atoms with van der Waals surface area (Å²) in [5.41, 5.74) is 0.705. The van der Waals surface area contributed by atoms with Crippen molar-refractivity contribution in [1.29, 1.82) is 0 Å². The van der Waals surface area contributed by atoms with Gasteiger partial charge in [-0.05, 0) is 31.4 Å². The number of hydrogen-bond donors (Lipinski definition) is 0. The lowest BCUT2D eigenvalue weighted by atomic mass is 10.1. The quantitative estimate of drug-likeness (QED) is 0.860. The van der Waals surface area contributed by atoms with Crippen LogP contribution < -0.4 is 0 Å². The zero-order chi connectivity index (χ0) is 14.2. The highest BCUT2D eigenvalue weighted by Gasteiger charge is 2.38. The van der Waals surface area contributed by atoms with E-state index in [0.717, 1.165) is 25.8 Å². The number of likely N-dealkylation sites (tertiary alicyclic amines) is 1.